The van der Waals surface area contributed by atoms with Crippen LogP contribution in [0.25, 0.3) is 0 Å². The van der Waals surface area contributed by atoms with E-state index in [1.807, 2.05) is 195 Å². The van der Waals surface area contributed by atoms with Crippen LogP contribution in [0.3, 0.4) is 0 Å². The average molecular weight is 705 g/mol. The Balaban J connectivity index is 1.44. The first-order chi connectivity index (χ1) is 23.9. The predicted octanol–water partition coefficient (Wildman–Crippen LogP) is 9.07. The fourth-order valence-electron chi connectivity index (χ4n) is 4.67. The van der Waals surface area contributed by atoms with Crippen molar-refractivity contribution < 1.29 is 34.8 Å². The fraction of sp³-hybridized carbons (Fsp3) is 0.0526. The first-order valence-electron chi connectivity index (χ1n) is 15.7. The highest BCUT2D eigenvalue weighted by Crippen LogP contribution is 2.32. The van der Waals surface area contributed by atoms with Gasteiger partial charge in [0.2, 0.25) is 0 Å². The normalized spacial score (nSPS) is 11.6. The Kier molecular flexibility index (Phi) is 10.8. The van der Waals surface area contributed by atoms with E-state index in [9.17, 15) is 0 Å². The minimum Gasteiger partial charge on any atom is -0.462 e. The van der Waals surface area contributed by atoms with E-state index < -0.39 is 26.7 Å². The monoisotopic (exact) mass is 704 g/mol. The first-order valence-corrected chi connectivity index (χ1v) is 21.8. The van der Waals surface area contributed by atoms with E-state index in [1.165, 1.54) is 0 Å². The van der Waals surface area contributed by atoms with Crippen molar-refractivity contribution in [3.8, 4) is 34.5 Å². The third-order valence-corrected chi connectivity index (χ3v) is 15.5. The summed E-state index contributed by atoms with van der Waals surface area (Å²) >= 11 is 0. The molecule has 248 valence electrons. The van der Waals surface area contributed by atoms with Gasteiger partial charge in [0.1, 0.15) is 34.5 Å². The summed E-state index contributed by atoms with van der Waals surface area (Å²) in [7, 11) is -12.0. The van der Waals surface area contributed by atoms with E-state index in [-0.39, 0.29) is 0 Å². The van der Waals surface area contributed by atoms with E-state index in [4.69, 9.17) is 34.8 Å². The van der Waals surface area contributed by atoms with Crippen LogP contribution in [0.5, 0.6) is 34.5 Å². The molecule has 49 heavy (non-hydrogen) atoms. The van der Waals surface area contributed by atoms with E-state index in [1.54, 1.807) is 0 Å². The summed E-state index contributed by atoms with van der Waals surface area (Å²) < 4.78 is 53.8. The molecule has 0 amide bonds. The Bertz CT molecular complexity index is 1500. The molecule has 0 saturated heterocycles. The second kappa shape index (κ2) is 15.7. The second-order valence-electron chi connectivity index (χ2n) is 11.1. The average Bonchev–Trinajstić information content (AvgIpc) is 3.10. The van der Waals surface area contributed by atoms with Crippen molar-refractivity contribution in [1.82, 2.24) is 0 Å². The van der Waals surface area contributed by atoms with Crippen LogP contribution in [0.1, 0.15) is 0 Å². The van der Waals surface area contributed by atoms with Gasteiger partial charge in [-0.25, -0.2) is 0 Å². The van der Waals surface area contributed by atoms with Crippen LogP contribution in [-0.2, 0) is 8.23 Å². The molecule has 0 fully saturated rings. The van der Waals surface area contributed by atoms with Gasteiger partial charge < -0.3 is 34.8 Å². The molecule has 0 aliphatic heterocycles. The Morgan fingerprint density at radius 2 is 0.429 bits per heavy atom. The van der Waals surface area contributed by atoms with Crippen LogP contribution < -0.4 is 26.6 Å². The number of benzene rings is 6. The summed E-state index contributed by atoms with van der Waals surface area (Å²) in [6.45, 7) is 3.70. The maximum Gasteiger partial charge on any atom is 0.884 e. The Labute approximate surface area is 290 Å². The third kappa shape index (κ3) is 9.85. The highest BCUT2D eigenvalue weighted by molar-refractivity contribution is 6.81. The molecule has 6 rings (SSSR count). The third-order valence-electron chi connectivity index (χ3n) is 6.66. The maximum atomic E-state index is 6.99. The Hall–Kier alpha value is -5.31. The van der Waals surface area contributed by atoms with Gasteiger partial charge in [0.25, 0.3) is 0 Å². The van der Waals surface area contributed by atoms with Gasteiger partial charge in [0, 0.05) is 0 Å². The van der Waals surface area contributed by atoms with Crippen molar-refractivity contribution in [3.63, 3.8) is 0 Å². The minimum atomic E-state index is -4.24. The lowest BCUT2D eigenvalue weighted by Gasteiger charge is -2.37. The Morgan fingerprint density at radius 1 is 0.265 bits per heavy atom. The predicted molar refractivity (Wildman–Crippen MR) is 194 cm³/mol. The molecular weight excluding hydrogens is 669 g/mol. The molecule has 11 heteroatoms. The van der Waals surface area contributed by atoms with E-state index in [0.29, 0.717) is 34.5 Å². The quantitative estimate of drug-likeness (QED) is 0.0925. The molecule has 0 aliphatic rings. The lowest BCUT2D eigenvalue weighted by atomic mass is 10.3. The molecule has 8 nitrogen and oxygen atoms in total. The number of hydrogen-bond donors (Lipinski definition) is 0. The molecule has 0 aliphatic carbocycles. The largest absolute Gasteiger partial charge is 0.884 e. The van der Waals surface area contributed by atoms with E-state index in [0.717, 1.165) is 0 Å². The van der Waals surface area contributed by atoms with Crippen molar-refractivity contribution in [2.75, 3.05) is 0 Å². The van der Waals surface area contributed by atoms with Crippen LogP contribution in [-0.4, -0.2) is 26.7 Å². The van der Waals surface area contributed by atoms with Crippen molar-refractivity contribution in [3.05, 3.63) is 182 Å². The molecule has 0 atom stereocenters. The zero-order chi connectivity index (χ0) is 33.8. The van der Waals surface area contributed by atoms with Crippen LogP contribution in [0.2, 0.25) is 13.1 Å². The summed E-state index contributed by atoms with van der Waals surface area (Å²) in [6.07, 6.45) is 0. The van der Waals surface area contributed by atoms with Crippen molar-refractivity contribution in [2.45, 2.75) is 13.1 Å². The van der Waals surface area contributed by atoms with Gasteiger partial charge in [-0.1, -0.05) is 109 Å². The van der Waals surface area contributed by atoms with Crippen molar-refractivity contribution in [1.29, 1.82) is 0 Å². The van der Waals surface area contributed by atoms with Crippen LogP contribution >= 0.6 is 0 Å². The van der Waals surface area contributed by atoms with Gasteiger partial charge in [0.05, 0.1) is 0 Å². The molecule has 6 aromatic rings. The number of hydrogen-bond acceptors (Lipinski definition) is 8. The van der Waals surface area contributed by atoms with Crippen molar-refractivity contribution >= 4 is 26.7 Å². The smallest absolute Gasteiger partial charge is 0.462 e. The molecule has 0 spiro atoms. The zero-order valence-electron chi connectivity index (χ0n) is 27.1. The van der Waals surface area contributed by atoms with Crippen LogP contribution in [0, 0.1) is 0 Å². The van der Waals surface area contributed by atoms with E-state index >= 15 is 0 Å². The number of rotatable bonds is 16. The fourth-order valence-corrected chi connectivity index (χ4v) is 13.8. The van der Waals surface area contributed by atoms with Gasteiger partial charge >= 0.3 is 26.7 Å². The highest BCUT2D eigenvalue weighted by Gasteiger charge is 2.65. The van der Waals surface area contributed by atoms with Gasteiger partial charge in [-0.05, 0) is 85.9 Å². The molecule has 0 N–H and O–H groups in total. The second-order valence-corrected chi connectivity index (χ2v) is 18.8. The lowest BCUT2D eigenvalue weighted by Crippen LogP contribution is -2.68. The summed E-state index contributed by atoms with van der Waals surface area (Å²) in [4.78, 5) is 0. The highest BCUT2D eigenvalue weighted by atomic mass is 28.5. The number of para-hydroxylation sites is 6. The maximum absolute atomic E-state index is 6.99. The van der Waals surface area contributed by atoms with Crippen molar-refractivity contribution in [2.24, 2.45) is 0 Å². The summed E-state index contributed by atoms with van der Waals surface area (Å²) in [5, 5.41) is 0. The first kappa shape index (κ1) is 33.6. The molecule has 0 bridgehead atoms. The van der Waals surface area contributed by atoms with E-state index in [2.05, 4.69) is 0 Å². The van der Waals surface area contributed by atoms with Crippen LogP contribution in [0.15, 0.2) is 182 Å². The summed E-state index contributed by atoms with van der Waals surface area (Å²) in [5.41, 5.74) is 0. The minimum absolute atomic E-state index is 0.496. The topological polar surface area (TPSA) is 73.8 Å². The molecule has 0 radical (unpaired) electrons. The molecule has 6 aromatic carbocycles. The van der Waals surface area contributed by atoms with Gasteiger partial charge in [-0.3, -0.25) is 0 Å². The molecule has 0 saturated carbocycles. The summed E-state index contributed by atoms with van der Waals surface area (Å²) in [5.74, 6) is 2.98. The molecule has 0 unspecified atom stereocenters. The molecular formula is C38H36O8Si3. The zero-order valence-corrected chi connectivity index (χ0v) is 30.1. The standard InChI is InChI=1S/C38H36O8Si3/c1-47(2,45-48(39-33-21-9-3-10-22-33,40-34-23-11-4-12-24-34)41-35-25-13-5-14-26-35)46-49(42-36-27-15-6-16-28-36,43-37-29-17-7-18-30-37)44-38-31-19-8-20-32-38/h3-32H,1-2H3. The van der Waals surface area contributed by atoms with Crippen LogP contribution in [0.4, 0.5) is 0 Å². The van der Waals surface area contributed by atoms with Gasteiger partial charge in [-0.2, -0.15) is 0 Å². The summed E-state index contributed by atoms with van der Waals surface area (Å²) in [6, 6.07) is 55.6. The molecule has 0 heterocycles. The van der Waals surface area contributed by atoms with Gasteiger partial charge in [-0.15, -0.1) is 0 Å². The molecule has 0 aromatic heterocycles. The Morgan fingerprint density at radius 3 is 0.592 bits per heavy atom. The SMILES string of the molecule is C[Si](C)(O[Si](Oc1ccccc1)(Oc1ccccc1)Oc1ccccc1)O[Si](Oc1ccccc1)(Oc1ccccc1)Oc1ccccc1. The van der Waals surface area contributed by atoms with Gasteiger partial charge in [0.15, 0.2) is 0 Å². The lowest BCUT2D eigenvalue weighted by molar-refractivity contribution is 0.111.